The number of carboxylic acid groups (broad SMARTS) is 1. The molecule has 2 rings (SSSR count). The Kier molecular flexibility index (Phi) is 4.77. The first kappa shape index (κ1) is 14.3. The molecular weight excluding hydrogens is 269 g/mol. The number of hydrogen-bond acceptors (Lipinski definition) is 2. The Labute approximate surface area is 116 Å². The molecule has 3 nitrogen and oxygen atoms in total. The van der Waals surface area contributed by atoms with E-state index in [4.69, 9.17) is 16.7 Å². The van der Waals surface area contributed by atoms with Crippen molar-refractivity contribution in [1.29, 1.82) is 0 Å². The number of hydrogen-bond donors (Lipinski definition) is 2. The summed E-state index contributed by atoms with van der Waals surface area (Å²) in [6.07, 6.45) is 3.18. The molecule has 104 valence electrons. The number of nitrogens with one attached hydrogen (secondary N) is 1. The maximum absolute atomic E-state index is 13.7. The summed E-state index contributed by atoms with van der Waals surface area (Å²) in [7, 11) is 0. The van der Waals surface area contributed by atoms with E-state index in [1.54, 1.807) is 12.1 Å². The molecule has 0 saturated heterocycles. The van der Waals surface area contributed by atoms with Gasteiger partial charge in [0.2, 0.25) is 0 Å². The number of benzene rings is 1. The Morgan fingerprint density at radius 2 is 2.26 bits per heavy atom. The predicted octanol–water partition coefficient (Wildman–Crippen LogP) is 3.21. The smallest absolute Gasteiger partial charge is 0.306 e. The third kappa shape index (κ3) is 3.67. The fourth-order valence-electron chi connectivity index (χ4n) is 2.54. The van der Waals surface area contributed by atoms with Gasteiger partial charge >= 0.3 is 5.97 Å². The van der Waals surface area contributed by atoms with E-state index in [0.29, 0.717) is 18.5 Å². The molecule has 1 aromatic rings. The van der Waals surface area contributed by atoms with Crippen molar-refractivity contribution in [3.63, 3.8) is 0 Å². The van der Waals surface area contributed by atoms with Crippen LogP contribution in [0.4, 0.5) is 4.39 Å². The van der Waals surface area contributed by atoms with E-state index in [1.165, 1.54) is 6.07 Å². The molecule has 2 atom stereocenters. The van der Waals surface area contributed by atoms with E-state index in [-0.39, 0.29) is 17.0 Å². The summed E-state index contributed by atoms with van der Waals surface area (Å²) in [6.45, 7) is 0.378. The predicted molar refractivity (Wildman–Crippen MR) is 71.6 cm³/mol. The number of carboxylic acids is 1. The molecule has 2 unspecified atom stereocenters. The third-order valence-corrected chi connectivity index (χ3v) is 3.93. The largest absolute Gasteiger partial charge is 0.481 e. The average molecular weight is 286 g/mol. The number of halogens is 2. The van der Waals surface area contributed by atoms with Gasteiger partial charge in [-0.15, -0.1) is 0 Å². The molecular formula is C14H17ClFNO2. The summed E-state index contributed by atoms with van der Waals surface area (Å²) < 4.78 is 13.7. The third-order valence-electron chi connectivity index (χ3n) is 3.64. The minimum atomic E-state index is -0.736. The molecule has 1 aliphatic rings. The summed E-state index contributed by atoms with van der Waals surface area (Å²) >= 11 is 5.72. The van der Waals surface area contributed by atoms with Crippen LogP contribution < -0.4 is 5.32 Å². The fourth-order valence-corrected chi connectivity index (χ4v) is 2.73. The number of aliphatic carboxylic acids is 1. The van der Waals surface area contributed by atoms with Gasteiger partial charge in [0.05, 0.1) is 10.9 Å². The molecule has 0 aromatic heterocycles. The van der Waals surface area contributed by atoms with Gasteiger partial charge < -0.3 is 10.4 Å². The van der Waals surface area contributed by atoms with Crippen molar-refractivity contribution in [2.45, 2.75) is 38.3 Å². The zero-order valence-electron chi connectivity index (χ0n) is 10.5. The maximum atomic E-state index is 13.7. The van der Waals surface area contributed by atoms with Crippen molar-refractivity contribution < 1.29 is 14.3 Å². The molecule has 0 bridgehead atoms. The summed E-state index contributed by atoms with van der Waals surface area (Å²) in [6, 6.07) is 5.05. The highest BCUT2D eigenvalue weighted by atomic mass is 35.5. The lowest BCUT2D eigenvalue weighted by Crippen LogP contribution is -2.36. The van der Waals surface area contributed by atoms with Gasteiger partial charge in [-0.2, -0.15) is 0 Å². The van der Waals surface area contributed by atoms with Crippen LogP contribution in [0.15, 0.2) is 18.2 Å². The Morgan fingerprint density at radius 1 is 1.47 bits per heavy atom. The van der Waals surface area contributed by atoms with Crippen molar-refractivity contribution in [2.24, 2.45) is 5.92 Å². The minimum absolute atomic E-state index is 0.117. The highest BCUT2D eigenvalue weighted by Crippen LogP contribution is 2.25. The molecule has 1 fully saturated rings. The average Bonchev–Trinajstić information content (AvgIpc) is 2.41. The standard InChI is InChI=1S/C14H17ClFNO2/c15-12-6-2-4-10(13(12)16)8-17-11-5-1-3-9(7-11)14(18)19/h2,4,6,9,11,17H,1,3,5,7-8H2,(H,18,19). The first-order valence-electron chi connectivity index (χ1n) is 6.47. The topological polar surface area (TPSA) is 49.3 Å². The van der Waals surface area contributed by atoms with Gasteiger partial charge in [-0.05, 0) is 25.3 Å². The second kappa shape index (κ2) is 6.35. The lowest BCUT2D eigenvalue weighted by molar-refractivity contribution is -0.143. The molecule has 5 heteroatoms. The molecule has 19 heavy (non-hydrogen) atoms. The molecule has 1 aromatic carbocycles. The number of carbonyl (C=O) groups is 1. The van der Waals surface area contributed by atoms with Gasteiger partial charge in [0, 0.05) is 18.2 Å². The van der Waals surface area contributed by atoms with Crippen molar-refractivity contribution in [3.05, 3.63) is 34.6 Å². The minimum Gasteiger partial charge on any atom is -0.481 e. The summed E-state index contributed by atoms with van der Waals surface area (Å²) in [4.78, 5) is 11.0. The van der Waals surface area contributed by atoms with Gasteiger partial charge in [0.1, 0.15) is 5.82 Å². The Balaban J connectivity index is 1.91. The molecule has 0 heterocycles. The van der Waals surface area contributed by atoms with Crippen molar-refractivity contribution in [2.75, 3.05) is 0 Å². The zero-order valence-corrected chi connectivity index (χ0v) is 11.3. The monoisotopic (exact) mass is 285 g/mol. The zero-order chi connectivity index (χ0) is 13.8. The molecule has 0 spiro atoms. The quantitative estimate of drug-likeness (QED) is 0.893. The van der Waals surface area contributed by atoms with Gasteiger partial charge in [0.25, 0.3) is 0 Å². The van der Waals surface area contributed by atoms with Crippen molar-refractivity contribution in [3.8, 4) is 0 Å². The Hall–Kier alpha value is -1.13. The van der Waals surface area contributed by atoms with E-state index in [1.807, 2.05) is 0 Å². The highest BCUT2D eigenvalue weighted by molar-refractivity contribution is 6.30. The van der Waals surface area contributed by atoms with Crippen LogP contribution >= 0.6 is 11.6 Å². The molecule has 1 saturated carbocycles. The molecule has 2 N–H and O–H groups in total. The van der Waals surface area contributed by atoms with Crippen LogP contribution in [0.3, 0.4) is 0 Å². The molecule has 0 radical (unpaired) electrons. The van der Waals surface area contributed by atoms with Crippen LogP contribution in [0, 0.1) is 11.7 Å². The van der Waals surface area contributed by atoms with Gasteiger partial charge in [-0.1, -0.05) is 30.2 Å². The second-order valence-corrected chi connectivity index (χ2v) is 5.40. The number of rotatable bonds is 4. The lowest BCUT2D eigenvalue weighted by atomic mass is 9.86. The first-order valence-corrected chi connectivity index (χ1v) is 6.85. The molecule has 0 amide bonds. The normalized spacial score (nSPS) is 23.3. The Bertz CT molecular complexity index is 467. The SMILES string of the molecule is O=C(O)C1CCCC(NCc2cccc(Cl)c2F)C1. The van der Waals surface area contributed by atoms with Crippen LogP contribution in [0.5, 0.6) is 0 Å². The Morgan fingerprint density at radius 3 is 3.00 bits per heavy atom. The summed E-state index contributed by atoms with van der Waals surface area (Å²) in [5, 5.41) is 12.4. The molecule has 0 aliphatic heterocycles. The van der Waals surface area contributed by atoms with E-state index in [2.05, 4.69) is 5.32 Å². The van der Waals surface area contributed by atoms with Crippen LogP contribution in [0.2, 0.25) is 5.02 Å². The van der Waals surface area contributed by atoms with Gasteiger partial charge in [-0.3, -0.25) is 4.79 Å². The van der Waals surface area contributed by atoms with E-state index in [0.717, 1.165) is 19.3 Å². The van der Waals surface area contributed by atoms with Gasteiger partial charge in [-0.25, -0.2) is 4.39 Å². The van der Waals surface area contributed by atoms with Crippen molar-refractivity contribution in [1.82, 2.24) is 5.32 Å². The summed E-state index contributed by atoms with van der Waals surface area (Å²) in [5.74, 6) is -1.42. The second-order valence-electron chi connectivity index (χ2n) is 4.99. The lowest BCUT2D eigenvalue weighted by Gasteiger charge is -2.27. The van der Waals surface area contributed by atoms with Crippen LogP contribution in [-0.4, -0.2) is 17.1 Å². The van der Waals surface area contributed by atoms with Crippen LogP contribution in [0.25, 0.3) is 0 Å². The van der Waals surface area contributed by atoms with Crippen LogP contribution in [-0.2, 0) is 11.3 Å². The maximum Gasteiger partial charge on any atom is 0.306 e. The van der Waals surface area contributed by atoms with Crippen molar-refractivity contribution >= 4 is 17.6 Å². The fraction of sp³-hybridized carbons (Fsp3) is 0.500. The summed E-state index contributed by atoms with van der Waals surface area (Å²) in [5.41, 5.74) is 0.518. The van der Waals surface area contributed by atoms with E-state index < -0.39 is 11.8 Å². The van der Waals surface area contributed by atoms with E-state index in [9.17, 15) is 9.18 Å². The molecule has 1 aliphatic carbocycles. The highest BCUT2D eigenvalue weighted by Gasteiger charge is 2.26. The van der Waals surface area contributed by atoms with E-state index >= 15 is 0 Å². The van der Waals surface area contributed by atoms with Crippen LogP contribution in [0.1, 0.15) is 31.2 Å². The van der Waals surface area contributed by atoms with Gasteiger partial charge in [0.15, 0.2) is 0 Å². The first-order chi connectivity index (χ1) is 9.08.